The lowest BCUT2D eigenvalue weighted by atomic mass is 10.1. The Labute approximate surface area is 115 Å². The largest absolute Gasteiger partial charge is 0.382 e. The minimum absolute atomic E-state index is 0.0819. The molecular weight excluding hydrogens is 275 g/mol. The van der Waals surface area contributed by atoms with Gasteiger partial charge in [0.15, 0.2) is 4.77 Å². The van der Waals surface area contributed by atoms with Gasteiger partial charge in [0.05, 0.1) is 28.2 Å². The minimum atomic E-state index is -0.461. The van der Waals surface area contributed by atoms with Crippen molar-refractivity contribution in [2.24, 2.45) is 0 Å². The highest BCUT2D eigenvalue weighted by Crippen LogP contribution is 2.27. The van der Waals surface area contributed by atoms with Gasteiger partial charge in [-0.05, 0) is 32.1 Å². The van der Waals surface area contributed by atoms with Crippen LogP contribution in [-0.4, -0.2) is 23.3 Å². The van der Waals surface area contributed by atoms with Gasteiger partial charge in [-0.2, -0.15) is 0 Å². The molecule has 0 aliphatic heterocycles. The number of nitrogens with zero attached hydrogens (tertiary/aromatic N) is 1. The van der Waals surface area contributed by atoms with Gasteiger partial charge in [0.25, 0.3) is 0 Å². The summed E-state index contributed by atoms with van der Waals surface area (Å²) in [6, 6.07) is 2.93. The maximum atomic E-state index is 13.4. The van der Waals surface area contributed by atoms with E-state index in [1.807, 2.05) is 18.4 Å². The number of fused-ring (bicyclic) bond motifs is 1. The molecule has 2 aromatic rings. The van der Waals surface area contributed by atoms with E-state index in [0.717, 1.165) is 5.52 Å². The summed E-state index contributed by atoms with van der Waals surface area (Å²) < 4.78 is 21.0. The molecule has 1 N–H and O–H groups in total. The zero-order chi connectivity index (χ0) is 13.5. The van der Waals surface area contributed by atoms with E-state index in [2.05, 4.69) is 4.98 Å². The Hall–Kier alpha value is -0.910. The number of methoxy groups -OCH3 is 1. The summed E-state index contributed by atoms with van der Waals surface area (Å²) in [5, 5.41) is 0.0819. The van der Waals surface area contributed by atoms with Crippen LogP contribution in [-0.2, 0) is 10.3 Å². The number of aromatic amines is 1. The van der Waals surface area contributed by atoms with E-state index in [1.54, 1.807) is 13.2 Å². The summed E-state index contributed by atoms with van der Waals surface area (Å²) in [5.41, 5.74) is 1.06. The normalized spacial score (nSPS) is 12.3. The summed E-state index contributed by atoms with van der Waals surface area (Å²) in [5.74, 6) is -0.461. The third-order valence-electron chi connectivity index (χ3n) is 2.83. The van der Waals surface area contributed by atoms with Crippen molar-refractivity contribution < 1.29 is 9.13 Å². The predicted molar refractivity (Wildman–Crippen MR) is 73.3 cm³/mol. The van der Waals surface area contributed by atoms with E-state index < -0.39 is 5.82 Å². The van der Waals surface area contributed by atoms with Gasteiger partial charge in [-0.1, -0.05) is 11.6 Å². The van der Waals surface area contributed by atoms with Crippen LogP contribution < -0.4 is 0 Å². The van der Waals surface area contributed by atoms with Crippen molar-refractivity contribution in [2.45, 2.75) is 19.4 Å². The molecule has 6 heteroatoms. The number of aromatic nitrogens is 2. The lowest BCUT2D eigenvalue weighted by molar-refractivity contribution is 0.111. The number of halogens is 2. The molecule has 0 aliphatic rings. The zero-order valence-electron chi connectivity index (χ0n) is 10.4. The molecule has 98 valence electrons. The molecular formula is C12H14ClFN2OS. The molecule has 0 unspecified atom stereocenters. The van der Waals surface area contributed by atoms with Crippen LogP contribution in [0.2, 0.25) is 5.02 Å². The van der Waals surface area contributed by atoms with Gasteiger partial charge in [0.2, 0.25) is 0 Å². The van der Waals surface area contributed by atoms with Crippen molar-refractivity contribution >= 4 is 34.9 Å². The topological polar surface area (TPSA) is 29.9 Å². The zero-order valence-corrected chi connectivity index (χ0v) is 12.0. The first-order valence-electron chi connectivity index (χ1n) is 5.46. The third kappa shape index (κ3) is 2.18. The lowest BCUT2D eigenvalue weighted by Gasteiger charge is -2.26. The molecule has 18 heavy (non-hydrogen) atoms. The van der Waals surface area contributed by atoms with Crippen LogP contribution in [0, 0.1) is 10.6 Å². The Kier molecular flexibility index (Phi) is 3.49. The molecule has 1 heterocycles. The molecule has 1 aromatic heterocycles. The average Bonchev–Trinajstić information content (AvgIpc) is 2.55. The quantitative estimate of drug-likeness (QED) is 0.869. The van der Waals surface area contributed by atoms with Crippen LogP contribution in [0.25, 0.3) is 11.0 Å². The van der Waals surface area contributed by atoms with Gasteiger partial charge in [-0.25, -0.2) is 4.39 Å². The van der Waals surface area contributed by atoms with Crippen LogP contribution in [0.3, 0.4) is 0 Å². The van der Waals surface area contributed by atoms with Crippen molar-refractivity contribution in [2.75, 3.05) is 13.7 Å². The van der Waals surface area contributed by atoms with Gasteiger partial charge in [-0.15, -0.1) is 0 Å². The smallest absolute Gasteiger partial charge is 0.178 e. The van der Waals surface area contributed by atoms with Crippen molar-refractivity contribution in [1.82, 2.24) is 9.55 Å². The molecule has 2 rings (SSSR count). The van der Waals surface area contributed by atoms with Crippen molar-refractivity contribution in [3.63, 3.8) is 0 Å². The number of hydrogen-bond donors (Lipinski definition) is 1. The highest BCUT2D eigenvalue weighted by atomic mass is 35.5. The Morgan fingerprint density at radius 1 is 1.50 bits per heavy atom. The molecule has 0 amide bonds. The monoisotopic (exact) mass is 288 g/mol. The van der Waals surface area contributed by atoms with E-state index in [9.17, 15) is 4.39 Å². The van der Waals surface area contributed by atoms with E-state index in [4.69, 9.17) is 28.6 Å². The van der Waals surface area contributed by atoms with Gasteiger partial charge >= 0.3 is 0 Å². The van der Waals surface area contributed by atoms with Crippen LogP contribution in [0.1, 0.15) is 13.8 Å². The Bertz CT molecular complexity index is 647. The van der Waals surface area contributed by atoms with Crippen LogP contribution in [0.15, 0.2) is 12.1 Å². The second-order valence-corrected chi connectivity index (χ2v) is 5.59. The summed E-state index contributed by atoms with van der Waals surface area (Å²) >= 11 is 11.1. The van der Waals surface area contributed by atoms with Crippen molar-refractivity contribution in [3.05, 3.63) is 27.7 Å². The fraction of sp³-hybridized carbons (Fsp3) is 0.417. The fourth-order valence-electron chi connectivity index (χ4n) is 2.12. The van der Waals surface area contributed by atoms with Crippen molar-refractivity contribution in [3.8, 4) is 0 Å². The number of rotatable bonds is 3. The standard InChI is InChI=1S/C12H14ClFN2OS/c1-12(2,6-17-3)16-10-4-7(13)8(14)5-9(10)15-11(16)18/h4-5H,6H2,1-3H3,(H,15,18). The SMILES string of the molecule is COCC(C)(C)n1c(=S)[nH]c2cc(F)c(Cl)cc21. The molecule has 0 saturated heterocycles. The van der Waals surface area contributed by atoms with E-state index >= 15 is 0 Å². The molecule has 0 fully saturated rings. The molecule has 0 aliphatic carbocycles. The summed E-state index contributed by atoms with van der Waals surface area (Å²) in [6.07, 6.45) is 0. The fourth-order valence-corrected chi connectivity index (χ4v) is 2.73. The Balaban J connectivity index is 2.75. The first-order valence-corrected chi connectivity index (χ1v) is 6.24. The number of benzene rings is 1. The molecule has 0 atom stereocenters. The lowest BCUT2D eigenvalue weighted by Crippen LogP contribution is -2.31. The average molecular weight is 289 g/mol. The first-order chi connectivity index (χ1) is 8.36. The second kappa shape index (κ2) is 4.64. The van der Waals surface area contributed by atoms with Crippen LogP contribution >= 0.6 is 23.8 Å². The molecule has 0 saturated carbocycles. The maximum Gasteiger partial charge on any atom is 0.178 e. The second-order valence-electron chi connectivity index (χ2n) is 4.79. The highest BCUT2D eigenvalue weighted by Gasteiger charge is 2.24. The van der Waals surface area contributed by atoms with E-state index in [1.165, 1.54) is 6.07 Å². The summed E-state index contributed by atoms with van der Waals surface area (Å²) in [7, 11) is 1.63. The third-order valence-corrected chi connectivity index (χ3v) is 3.40. The van der Waals surface area contributed by atoms with Crippen LogP contribution in [0.4, 0.5) is 4.39 Å². The number of nitrogens with one attached hydrogen (secondary N) is 1. The van der Waals surface area contributed by atoms with Gasteiger partial charge in [0, 0.05) is 13.2 Å². The molecule has 0 radical (unpaired) electrons. The highest BCUT2D eigenvalue weighted by molar-refractivity contribution is 7.71. The molecule has 0 bridgehead atoms. The Morgan fingerprint density at radius 2 is 2.17 bits per heavy atom. The first kappa shape index (κ1) is 13.5. The van der Waals surface area contributed by atoms with Crippen molar-refractivity contribution in [1.29, 1.82) is 0 Å². The summed E-state index contributed by atoms with van der Waals surface area (Å²) in [4.78, 5) is 2.98. The summed E-state index contributed by atoms with van der Waals surface area (Å²) in [6.45, 7) is 4.48. The minimum Gasteiger partial charge on any atom is -0.382 e. The Morgan fingerprint density at radius 3 is 2.78 bits per heavy atom. The maximum absolute atomic E-state index is 13.4. The molecule has 3 nitrogen and oxygen atoms in total. The number of imidazole rings is 1. The van der Waals surface area contributed by atoms with E-state index in [0.29, 0.717) is 16.9 Å². The predicted octanol–water partition coefficient (Wildman–Crippen LogP) is 3.87. The van der Waals surface area contributed by atoms with Crippen LogP contribution in [0.5, 0.6) is 0 Å². The molecule has 0 spiro atoms. The van der Waals surface area contributed by atoms with Gasteiger partial charge in [-0.3, -0.25) is 0 Å². The van der Waals surface area contributed by atoms with Gasteiger partial charge < -0.3 is 14.3 Å². The number of H-pyrrole nitrogens is 1. The number of ether oxygens (including phenoxy) is 1. The van der Waals surface area contributed by atoms with Gasteiger partial charge in [0.1, 0.15) is 5.82 Å². The van der Waals surface area contributed by atoms with E-state index in [-0.39, 0.29) is 10.6 Å². The molecule has 1 aromatic carbocycles. The number of hydrogen-bond acceptors (Lipinski definition) is 2.